The minimum atomic E-state index is -1.42. The molecule has 0 bridgehead atoms. The summed E-state index contributed by atoms with van der Waals surface area (Å²) in [4.78, 5) is 17.1. The fraction of sp³-hybridized carbons (Fsp3) is 0.417. The van der Waals surface area contributed by atoms with Crippen LogP contribution in [0.2, 0.25) is 0 Å². The van der Waals surface area contributed by atoms with Crippen molar-refractivity contribution in [2.24, 2.45) is 5.73 Å². The predicted octanol–water partition coefficient (Wildman–Crippen LogP) is 0.209. The van der Waals surface area contributed by atoms with Gasteiger partial charge in [-0.3, -0.25) is 9.63 Å². The molecule has 1 atom stereocenters. The Morgan fingerprint density at radius 1 is 1.44 bits per heavy atom. The molecular weight excluding hydrogens is 234 g/mol. The van der Waals surface area contributed by atoms with E-state index in [1.165, 1.54) is 7.11 Å². The van der Waals surface area contributed by atoms with E-state index in [2.05, 4.69) is 10.8 Å². The summed E-state index contributed by atoms with van der Waals surface area (Å²) in [5.74, 6) is -0.119. The highest BCUT2D eigenvalue weighted by Gasteiger charge is 2.52. The number of nitrogens with zero attached hydrogens (tertiary/aromatic N) is 1. The molecule has 0 aliphatic carbocycles. The maximum atomic E-state index is 11.8. The van der Waals surface area contributed by atoms with E-state index < -0.39 is 17.3 Å². The fourth-order valence-electron chi connectivity index (χ4n) is 1.95. The number of primary amides is 1. The number of nitrogens with one attached hydrogen (secondary N) is 1. The van der Waals surface area contributed by atoms with Crippen molar-refractivity contribution in [3.8, 4) is 5.75 Å². The van der Waals surface area contributed by atoms with E-state index in [1.807, 2.05) is 0 Å². The monoisotopic (exact) mass is 250 g/mol. The van der Waals surface area contributed by atoms with Crippen LogP contribution in [-0.2, 0) is 15.3 Å². The molecule has 0 aromatic heterocycles. The van der Waals surface area contributed by atoms with Crippen LogP contribution in [0, 0.1) is 0 Å². The van der Waals surface area contributed by atoms with E-state index in [1.54, 1.807) is 38.1 Å². The molecular formula is C12H16N3O3. The third-order valence-electron chi connectivity index (χ3n) is 2.74. The smallest absolute Gasteiger partial charge is 0.261 e. The van der Waals surface area contributed by atoms with Crippen LogP contribution < -0.4 is 21.3 Å². The molecule has 97 valence electrons. The fourth-order valence-corrected chi connectivity index (χ4v) is 1.95. The lowest BCUT2D eigenvalue weighted by Crippen LogP contribution is -2.54. The molecule has 1 aromatic rings. The Labute approximate surface area is 105 Å². The lowest BCUT2D eigenvalue weighted by atomic mass is 9.97. The van der Waals surface area contributed by atoms with Gasteiger partial charge in [0.1, 0.15) is 5.75 Å². The zero-order chi connectivity index (χ0) is 13.4. The third kappa shape index (κ3) is 1.94. The second-order valence-electron chi connectivity index (χ2n) is 4.54. The zero-order valence-corrected chi connectivity index (χ0v) is 10.6. The van der Waals surface area contributed by atoms with Crippen molar-refractivity contribution in [3.05, 3.63) is 29.8 Å². The maximum absolute atomic E-state index is 11.8. The number of methoxy groups -OCH3 is 1. The molecule has 18 heavy (non-hydrogen) atoms. The van der Waals surface area contributed by atoms with Gasteiger partial charge in [0.05, 0.1) is 7.11 Å². The second kappa shape index (κ2) is 4.24. The van der Waals surface area contributed by atoms with Crippen molar-refractivity contribution < 1.29 is 14.4 Å². The van der Waals surface area contributed by atoms with Gasteiger partial charge < -0.3 is 10.5 Å². The summed E-state index contributed by atoms with van der Waals surface area (Å²) < 4.78 is 5.24. The van der Waals surface area contributed by atoms with Gasteiger partial charge in [-0.15, -0.1) is 0 Å². The van der Waals surface area contributed by atoms with Crippen molar-refractivity contribution in [3.63, 3.8) is 0 Å². The number of carbonyl (C=O) groups excluding carboxylic acids is 1. The highest BCUT2D eigenvalue weighted by molar-refractivity contribution is 5.86. The van der Waals surface area contributed by atoms with Crippen LogP contribution in [-0.4, -0.2) is 18.7 Å². The zero-order valence-electron chi connectivity index (χ0n) is 10.6. The topological polar surface area (TPSA) is 87.7 Å². The van der Waals surface area contributed by atoms with Crippen LogP contribution in [0.1, 0.15) is 19.4 Å². The standard InChI is InChI=1S/C12H16N3O3/c1-11(2)14-12(10(13)16,15-18-11)8-6-4-5-7-9(8)17-3/h4-7,15H,1-3H3,(H2,13,16). The van der Waals surface area contributed by atoms with Crippen molar-refractivity contribution in [2.75, 3.05) is 7.11 Å². The van der Waals surface area contributed by atoms with Crippen LogP contribution in [0.25, 0.3) is 0 Å². The summed E-state index contributed by atoms with van der Waals surface area (Å²) >= 11 is 0. The van der Waals surface area contributed by atoms with Crippen molar-refractivity contribution in [1.29, 1.82) is 0 Å². The van der Waals surface area contributed by atoms with Crippen molar-refractivity contribution in [2.45, 2.75) is 25.2 Å². The molecule has 0 spiro atoms. The van der Waals surface area contributed by atoms with Crippen molar-refractivity contribution >= 4 is 5.91 Å². The minimum Gasteiger partial charge on any atom is -0.496 e. The van der Waals surface area contributed by atoms with E-state index >= 15 is 0 Å². The Morgan fingerprint density at radius 2 is 2.11 bits per heavy atom. The van der Waals surface area contributed by atoms with Crippen LogP contribution in [0.15, 0.2) is 24.3 Å². The maximum Gasteiger partial charge on any atom is 0.261 e. The van der Waals surface area contributed by atoms with Crippen LogP contribution in [0.4, 0.5) is 0 Å². The Kier molecular flexibility index (Phi) is 3.02. The first-order valence-corrected chi connectivity index (χ1v) is 5.54. The number of ether oxygens (including phenoxy) is 1. The molecule has 6 heteroatoms. The van der Waals surface area contributed by atoms with Crippen LogP contribution in [0.5, 0.6) is 5.75 Å². The van der Waals surface area contributed by atoms with Gasteiger partial charge in [0.25, 0.3) is 5.91 Å². The first-order chi connectivity index (χ1) is 8.41. The molecule has 1 aliphatic heterocycles. The van der Waals surface area contributed by atoms with E-state index in [-0.39, 0.29) is 0 Å². The minimum absolute atomic E-state index is 0.522. The van der Waals surface area contributed by atoms with Gasteiger partial charge in [-0.05, 0) is 19.9 Å². The second-order valence-corrected chi connectivity index (χ2v) is 4.54. The van der Waals surface area contributed by atoms with Gasteiger partial charge in [0, 0.05) is 5.56 Å². The van der Waals surface area contributed by atoms with Gasteiger partial charge in [-0.25, -0.2) is 0 Å². The molecule has 1 aromatic carbocycles. The van der Waals surface area contributed by atoms with E-state index in [0.717, 1.165) is 0 Å². The largest absolute Gasteiger partial charge is 0.496 e. The Hall–Kier alpha value is -1.63. The highest BCUT2D eigenvalue weighted by Crippen LogP contribution is 2.35. The number of nitrogens with two attached hydrogens (primary N) is 1. The summed E-state index contributed by atoms with van der Waals surface area (Å²) in [7, 11) is 1.52. The number of benzene rings is 1. The molecule has 1 unspecified atom stereocenters. The average molecular weight is 250 g/mol. The molecule has 2 rings (SSSR count). The number of amides is 1. The molecule has 1 radical (unpaired) electrons. The number of hydrogen-bond acceptors (Lipinski definition) is 4. The average Bonchev–Trinajstić information content (AvgIpc) is 2.67. The quantitative estimate of drug-likeness (QED) is 0.802. The summed E-state index contributed by atoms with van der Waals surface area (Å²) in [6, 6.07) is 7.05. The van der Waals surface area contributed by atoms with Crippen LogP contribution >= 0.6 is 0 Å². The van der Waals surface area contributed by atoms with E-state index in [0.29, 0.717) is 11.3 Å². The summed E-state index contributed by atoms with van der Waals surface area (Å²) in [6.07, 6.45) is 0. The van der Waals surface area contributed by atoms with Gasteiger partial charge in [-0.1, -0.05) is 18.2 Å². The molecule has 6 nitrogen and oxygen atoms in total. The Bertz CT molecular complexity index is 475. The summed E-state index contributed by atoms with van der Waals surface area (Å²) in [5, 5.41) is 4.34. The molecule has 1 fully saturated rings. The Balaban J connectivity index is 2.53. The molecule has 0 saturated carbocycles. The highest BCUT2D eigenvalue weighted by atomic mass is 16.7. The predicted molar refractivity (Wildman–Crippen MR) is 64.3 cm³/mol. The third-order valence-corrected chi connectivity index (χ3v) is 2.74. The molecule has 1 saturated heterocycles. The van der Waals surface area contributed by atoms with Gasteiger partial charge in [0.15, 0.2) is 5.72 Å². The number of rotatable bonds is 3. The number of para-hydroxylation sites is 1. The van der Waals surface area contributed by atoms with Gasteiger partial charge >= 0.3 is 0 Å². The summed E-state index contributed by atoms with van der Waals surface area (Å²) in [5.41, 5.74) is 6.38. The van der Waals surface area contributed by atoms with Gasteiger partial charge in [-0.2, -0.15) is 10.8 Å². The van der Waals surface area contributed by atoms with E-state index in [4.69, 9.17) is 15.3 Å². The normalized spacial score (nSPS) is 25.9. The molecule has 1 aliphatic rings. The SMILES string of the molecule is COc1ccccc1C1(C(N)=O)[N]C(C)(C)ON1. The van der Waals surface area contributed by atoms with E-state index in [9.17, 15) is 4.79 Å². The number of carbonyl (C=O) groups is 1. The lowest BCUT2D eigenvalue weighted by molar-refractivity contribution is -0.128. The van der Waals surface area contributed by atoms with Crippen LogP contribution in [0.3, 0.4) is 0 Å². The lowest BCUT2D eigenvalue weighted by Gasteiger charge is -2.26. The number of hydroxylamine groups is 1. The molecule has 3 N–H and O–H groups in total. The molecule has 1 heterocycles. The first-order valence-electron chi connectivity index (χ1n) is 5.54. The first kappa shape index (κ1) is 12.8. The Morgan fingerprint density at radius 3 is 2.61 bits per heavy atom. The molecule has 1 amide bonds. The van der Waals surface area contributed by atoms with Crippen molar-refractivity contribution in [1.82, 2.24) is 10.8 Å². The summed E-state index contributed by atoms with van der Waals surface area (Å²) in [6.45, 7) is 3.47. The van der Waals surface area contributed by atoms with Gasteiger partial charge in [0.2, 0.25) is 5.66 Å². The number of hydrogen-bond donors (Lipinski definition) is 2.